The number of hydrogen-bond acceptors (Lipinski definition) is 2. The molecule has 0 aliphatic carbocycles. The van der Waals surface area contributed by atoms with Gasteiger partial charge in [0.05, 0.1) is 6.10 Å². The van der Waals surface area contributed by atoms with E-state index >= 15 is 0 Å². The number of nitrogens with zero attached hydrogens (tertiary/aromatic N) is 1. The monoisotopic (exact) mass is 143 g/mol. The van der Waals surface area contributed by atoms with Crippen molar-refractivity contribution in [1.82, 2.24) is 4.90 Å². The fourth-order valence-electron chi connectivity index (χ4n) is 1.37. The zero-order valence-electron chi connectivity index (χ0n) is 7.04. The van der Waals surface area contributed by atoms with Crippen molar-refractivity contribution < 1.29 is 5.11 Å². The molecule has 0 saturated carbocycles. The lowest BCUT2D eigenvalue weighted by atomic mass is 10.1. The topological polar surface area (TPSA) is 23.2 Å². The average molecular weight is 143 g/mol. The molecular weight excluding hydrogens is 126 g/mol. The molecular formula is C8H17NO. The van der Waals surface area contributed by atoms with Gasteiger partial charge in [0, 0.05) is 19.1 Å². The highest BCUT2D eigenvalue weighted by atomic mass is 16.3. The number of aliphatic hydroxyl groups excluding tert-OH is 1. The summed E-state index contributed by atoms with van der Waals surface area (Å²) in [6.45, 7) is 8.33. The minimum Gasteiger partial charge on any atom is -0.392 e. The van der Waals surface area contributed by atoms with E-state index < -0.39 is 0 Å². The van der Waals surface area contributed by atoms with E-state index in [4.69, 9.17) is 5.11 Å². The molecule has 3 atom stereocenters. The molecule has 1 aliphatic rings. The maximum absolute atomic E-state index is 9.02. The van der Waals surface area contributed by atoms with Crippen LogP contribution in [0.4, 0.5) is 0 Å². The van der Waals surface area contributed by atoms with Crippen LogP contribution >= 0.6 is 0 Å². The van der Waals surface area contributed by atoms with Crippen LogP contribution in [0, 0.1) is 5.92 Å². The fraction of sp³-hybridized carbons (Fsp3) is 1.00. The van der Waals surface area contributed by atoms with Crippen molar-refractivity contribution in [1.29, 1.82) is 0 Å². The molecule has 0 spiro atoms. The van der Waals surface area contributed by atoms with Gasteiger partial charge < -0.3 is 5.11 Å². The van der Waals surface area contributed by atoms with E-state index in [9.17, 15) is 0 Å². The molecule has 10 heavy (non-hydrogen) atoms. The van der Waals surface area contributed by atoms with Gasteiger partial charge in [-0.05, 0) is 12.8 Å². The predicted molar refractivity (Wildman–Crippen MR) is 41.9 cm³/mol. The molecule has 60 valence electrons. The molecule has 2 heteroatoms. The van der Waals surface area contributed by atoms with Crippen LogP contribution in [-0.2, 0) is 0 Å². The molecule has 1 rings (SSSR count). The third-order valence-electron chi connectivity index (χ3n) is 2.03. The van der Waals surface area contributed by atoms with Gasteiger partial charge in [0.1, 0.15) is 0 Å². The number of hydrogen-bond donors (Lipinski definition) is 1. The Morgan fingerprint density at radius 2 is 2.10 bits per heavy atom. The molecule has 0 aromatic carbocycles. The average Bonchev–Trinajstić information content (AvgIpc) is 2.43. The van der Waals surface area contributed by atoms with E-state index in [2.05, 4.69) is 18.7 Å². The third kappa shape index (κ3) is 1.96. The molecule has 0 aromatic heterocycles. The molecule has 1 saturated heterocycles. The van der Waals surface area contributed by atoms with E-state index in [1.165, 1.54) is 6.54 Å². The molecule has 0 amide bonds. The summed E-state index contributed by atoms with van der Waals surface area (Å²) in [6.07, 6.45) is -0.163. The van der Waals surface area contributed by atoms with Gasteiger partial charge in [0.15, 0.2) is 0 Å². The lowest BCUT2D eigenvalue weighted by molar-refractivity contribution is 0.166. The number of rotatable bonds is 3. The first-order valence-electron chi connectivity index (χ1n) is 4.03. The van der Waals surface area contributed by atoms with Gasteiger partial charge in [-0.25, -0.2) is 0 Å². The summed E-state index contributed by atoms with van der Waals surface area (Å²) in [5, 5.41) is 9.02. The largest absolute Gasteiger partial charge is 0.392 e. The third-order valence-corrected chi connectivity index (χ3v) is 2.03. The Hall–Kier alpha value is -0.0800. The van der Waals surface area contributed by atoms with Crippen molar-refractivity contribution in [2.75, 3.05) is 13.1 Å². The van der Waals surface area contributed by atoms with Gasteiger partial charge >= 0.3 is 0 Å². The van der Waals surface area contributed by atoms with E-state index in [1.807, 2.05) is 6.92 Å². The normalized spacial score (nSPS) is 34.5. The molecule has 2 nitrogen and oxygen atoms in total. The fourth-order valence-corrected chi connectivity index (χ4v) is 1.37. The highest BCUT2D eigenvalue weighted by Gasteiger charge is 2.36. The van der Waals surface area contributed by atoms with Gasteiger partial charge in [0.2, 0.25) is 0 Å². The molecule has 1 unspecified atom stereocenters. The molecule has 1 heterocycles. The first kappa shape index (κ1) is 8.02. The zero-order chi connectivity index (χ0) is 7.72. The van der Waals surface area contributed by atoms with E-state index in [-0.39, 0.29) is 6.10 Å². The zero-order valence-corrected chi connectivity index (χ0v) is 7.04. The Labute approximate surface area is 62.8 Å². The minimum absolute atomic E-state index is 0.163. The highest BCUT2D eigenvalue weighted by Crippen LogP contribution is 2.24. The maximum Gasteiger partial charge on any atom is 0.0639 e. The quantitative estimate of drug-likeness (QED) is 0.588. The molecule has 0 radical (unpaired) electrons. The smallest absolute Gasteiger partial charge is 0.0639 e. The van der Waals surface area contributed by atoms with E-state index in [0.717, 1.165) is 18.5 Å². The van der Waals surface area contributed by atoms with Crippen molar-refractivity contribution in [2.45, 2.75) is 32.9 Å². The molecule has 0 bridgehead atoms. The van der Waals surface area contributed by atoms with Crippen LogP contribution < -0.4 is 0 Å². The van der Waals surface area contributed by atoms with Crippen molar-refractivity contribution in [3.8, 4) is 0 Å². The molecule has 0 aromatic rings. The summed E-state index contributed by atoms with van der Waals surface area (Å²) < 4.78 is 0. The van der Waals surface area contributed by atoms with E-state index in [1.54, 1.807) is 0 Å². The van der Waals surface area contributed by atoms with Crippen molar-refractivity contribution in [3.63, 3.8) is 0 Å². The van der Waals surface area contributed by atoms with Crippen molar-refractivity contribution in [2.24, 2.45) is 5.92 Å². The standard InChI is InChI=1S/C8H17NO/c1-6(2)8-5-9(8)4-7(3)10/h6-8,10H,4-5H2,1-3H3/t7-,8+,9?/m1/s1. The molecule has 1 fully saturated rings. The Bertz CT molecular complexity index is 112. The van der Waals surface area contributed by atoms with Crippen LogP contribution in [0.15, 0.2) is 0 Å². The van der Waals surface area contributed by atoms with Crippen molar-refractivity contribution in [3.05, 3.63) is 0 Å². The lowest BCUT2D eigenvalue weighted by Crippen LogP contribution is -2.18. The Kier molecular flexibility index (Phi) is 2.32. The lowest BCUT2D eigenvalue weighted by Gasteiger charge is -2.07. The van der Waals surface area contributed by atoms with E-state index in [0.29, 0.717) is 0 Å². The summed E-state index contributed by atoms with van der Waals surface area (Å²) in [5.41, 5.74) is 0. The van der Waals surface area contributed by atoms with Crippen LogP contribution in [0.25, 0.3) is 0 Å². The van der Waals surface area contributed by atoms with Crippen LogP contribution in [-0.4, -0.2) is 35.2 Å². The highest BCUT2D eigenvalue weighted by molar-refractivity contribution is 4.91. The number of β-amino-alcohol motifs (C(OH)–C–C–N with tert-alkyl or cyclic N) is 1. The second-order valence-corrected chi connectivity index (χ2v) is 3.61. The summed E-state index contributed by atoms with van der Waals surface area (Å²) in [4.78, 5) is 2.31. The Morgan fingerprint density at radius 3 is 2.40 bits per heavy atom. The predicted octanol–water partition coefficient (Wildman–Crippen LogP) is 0.707. The van der Waals surface area contributed by atoms with Crippen LogP contribution in [0.2, 0.25) is 0 Å². The first-order chi connectivity index (χ1) is 4.61. The summed E-state index contributed by atoms with van der Waals surface area (Å²) >= 11 is 0. The Morgan fingerprint density at radius 1 is 1.50 bits per heavy atom. The van der Waals surface area contributed by atoms with Crippen LogP contribution in [0.5, 0.6) is 0 Å². The van der Waals surface area contributed by atoms with Gasteiger partial charge in [-0.3, -0.25) is 4.90 Å². The summed E-state index contributed by atoms with van der Waals surface area (Å²) in [5.74, 6) is 0.749. The van der Waals surface area contributed by atoms with Gasteiger partial charge in [-0.1, -0.05) is 13.8 Å². The second kappa shape index (κ2) is 2.89. The first-order valence-corrected chi connectivity index (χ1v) is 4.03. The van der Waals surface area contributed by atoms with Gasteiger partial charge in [-0.2, -0.15) is 0 Å². The maximum atomic E-state index is 9.02. The molecule has 1 N–H and O–H groups in total. The summed E-state index contributed by atoms with van der Waals surface area (Å²) in [6, 6.07) is 0.745. The molecule has 1 aliphatic heterocycles. The SMILES string of the molecule is CC(C)[C@@H]1CN1C[C@@H](C)O. The van der Waals surface area contributed by atoms with Crippen LogP contribution in [0.3, 0.4) is 0 Å². The number of aliphatic hydroxyl groups is 1. The Balaban J connectivity index is 2.13. The van der Waals surface area contributed by atoms with Gasteiger partial charge in [0.25, 0.3) is 0 Å². The van der Waals surface area contributed by atoms with Crippen molar-refractivity contribution >= 4 is 0 Å². The minimum atomic E-state index is -0.163. The van der Waals surface area contributed by atoms with Gasteiger partial charge in [-0.15, -0.1) is 0 Å². The van der Waals surface area contributed by atoms with Crippen LogP contribution in [0.1, 0.15) is 20.8 Å². The summed E-state index contributed by atoms with van der Waals surface area (Å²) in [7, 11) is 0. The second-order valence-electron chi connectivity index (χ2n) is 3.61.